The zero-order valence-electron chi connectivity index (χ0n) is 12.1. The van der Waals surface area contributed by atoms with Gasteiger partial charge in [0.05, 0.1) is 12.8 Å². The molecule has 4 nitrogen and oxygen atoms in total. The second kappa shape index (κ2) is 5.82. The molecule has 0 fully saturated rings. The molecule has 1 aromatic carbocycles. The first-order valence-corrected chi connectivity index (χ1v) is 6.71. The number of benzene rings is 1. The van der Waals surface area contributed by atoms with Gasteiger partial charge in [-0.25, -0.2) is 0 Å². The van der Waals surface area contributed by atoms with Crippen LogP contribution in [0.2, 0.25) is 0 Å². The van der Waals surface area contributed by atoms with Crippen molar-refractivity contribution in [3.63, 3.8) is 0 Å². The Bertz CT molecular complexity index is 603. The number of carbonyl (C=O) groups is 1. The van der Waals surface area contributed by atoms with Crippen LogP contribution in [0.3, 0.4) is 0 Å². The molecule has 0 spiro atoms. The van der Waals surface area contributed by atoms with E-state index < -0.39 is 0 Å². The van der Waals surface area contributed by atoms with Gasteiger partial charge in [0.2, 0.25) is 0 Å². The molecule has 0 saturated heterocycles. The highest BCUT2D eigenvalue weighted by Crippen LogP contribution is 2.20. The topological polar surface area (TPSA) is 59.5 Å². The zero-order valence-corrected chi connectivity index (χ0v) is 12.1. The summed E-state index contributed by atoms with van der Waals surface area (Å²) in [6.07, 6.45) is 1.61. The molecule has 0 aliphatic rings. The second-order valence-electron chi connectivity index (χ2n) is 4.92. The number of anilines is 1. The van der Waals surface area contributed by atoms with Gasteiger partial charge in [0.25, 0.3) is 5.91 Å². The summed E-state index contributed by atoms with van der Waals surface area (Å²) in [5.41, 5.74) is 9.15. The van der Waals surface area contributed by atoms with Crippen LogP contribution in [0, 0.1) is 13.8 Å². The Morgan fingerprint density at radius 1 is 1.30 bits per heavy atom. The Morgan fingerprint density at radius 2 is 2.05 bits per heavy atom. The smallest absolute Gasteiger partial charge is 0.254 e. The highest BCUT2D eigenvalue weighted by atomic mass is 16.3. The molecule has 0 unspecified atom stereocenters. The van der Waals surface area contributed by atoms with Crippen molar-refractivity contribution in [3.8, 4) is 0 Å². The molecule has 2 N–H and O–H groups in total. The summed E-state index contributed by atoms with van der Waals surface area (Å²) in [5, 5.41) is 0. The summed E-state index contributed by atoms with van der Waals surface area (Å²) < 4.78 is 5.31. The van der Waals surface area contributed by atoms with Crippen LogP contribution in [-0.2, 0) is 6.54 Å². The predicted molar refractivity (Wildman–Crippen MR) is 79.5 cm³/mol. The lowest BCUT2D eigenvalue weighted by Gasteiger charge is -2.21. The van der Waals surface area contributed by atoms with Gasteiger partial charge in [-0.2, -0.15) is 0 Å². The van der Waals surface area contributed by atoms with Crippen LogP contribution < -0.4 is 5.73 Å². The van der Waals surface area contributed by atoms with Crippen LogP contribution in [-0.4, -0.2) is 17.4 Å². The van der Waals surface area contributed by atoms with E-state index in [1.54, 1.807) is 17.2 Å². The number of nitrogen functional groups attached to an aromatic ring is 1. The van der Waals surface area contributed by atoms with E-state index in [4.69, 9.17) is 10.2 Å². The average Bonchev–Trinajstić information content (AvgIpc) is 2.92. The van der Waals surface area contributed by atoms with Crippen molar-refractivity contribution in [1.29, 1.82) is 0 Å². The summed E-state index contributed by atoms with van der Waals surface area (Å²) in [4.78, 5) is 14.4. The lowest BCUT2D eigenvalue weighted by Crippen LogP contribution is -2.30. The van der Waals surface area contributed by atoms with Gasteiger partial charge in [-0.15, -0.1) is 0 Å². The first-order valence-electron chi connectivity index (χ1n) is 6.71. The maximum Gasteiger partial charge on any atom is 0.254 e. The van der Waals surface area contributed by atoms with Crippen LogP contribution in [0.15, 0.2) is 34.9 Å². The Kier molecular flexibility index (Phi) is 4.13. The molecule has 0 aliphatic carbocycles. The van der Waals surface area contributed by atoms with Crippen LogP contribution in [0.5, 0.6) is 0 Å². The molecule has 20 heavy (non-hydrogen) atoms. The Hall–Kier alpha value is -2.23. The first-order chi connectivity index (χ1) is 9.52. The highest BCUT2D eigenvalue weighted by Gasteiger charge is 2.18. The van der Waals surface area contributed by atoms with Crippen molar-refractivity contribution in [1.82, 2.24) is 4.90 Å². The van der Waals surface area contributed by atoms with Crippen LogP contribution in [0.4, 0.5) is 5.69 Å². The number of nitrogens with two attached hydrogens (primary N) is 1. The molecular formula is C16H20N2O2. The predicted octanol–water partition coefficient (Wildman–Crippen LogP) is 3.14. The number of amides is 1. The zero-order chi connectivity index (χ0) is 14.7. The summed E-state index contributed by atoms with van der Waals surface area (Å²) in [7, 11) is 0. The fourth-order valence-electron chi connectivity index (χ4n) is 2.19. The Labute approximate surface area is 119 Å². The number of aryl methyl sites for hydroxylation is 2. The number of rotatable bonds is 4. The van der Waals surface area contributed by atoms with Gasteiger partial charge < -0.3 is 15.1 Å². The van der Waals surface area contributed by atoms with E-state index in [0.717, 1.165) is 16.9 Å². The number of furan rings is 1. The fraction of sp³-hybridized carbons (Fsp3) is 0.312. The SMILES string of the molecule is CCN(Cc1ccco1)C(=O)c1cc(N)c(C)cc1C. The largest absolute Gasteiger partial charge is 0.467 e. The van der Waals surface area contributed by atoms with E-state index in [-0.39, 0.29) is 5.91 Å². The normalized spacial score (nSPS) is 10.6. The van der Waals surface area contributed by atoms with E-state index in [0.29, 0.717) is 24.3 Å². The Balaban J connectivity index is 2.26. The van der Waals surface area contributed by atoms with Crippen LogP contribution >= 0.6 is 0 Å². The van der Waals surface area contributed by atoms with Crippen molar-refractivity contribution in [3.05, 3.63) is 53.0 Å². The number of hydrogen-bond donors (Lipinski definition) is 1. The summed E-state index contributed by atoms with van der Waals surface area (Å²) in [6, 6.07) is 7.40. The average molecular weight is 272 g/mol. The molecule has 1 amide bonds. The summed E-state index contributed by atoms with van der Waals surface area (Å²) >= 11 is 0. The molecule has 1 heterocycles. The number of hydrogen-bond acceptors (Lipinski definition) is 3. The van der Waals surface area contributed by atoms with Gasteiger partial charge in [0, 0.05) is 17.8 Å². The third-order valence-corrected chi connectivity index (χ3v) is 3.44. The molecule has 0 bridgehead atoms. The van der Waals surface area contributed by atoms with E-state index in [1.807, 2.05) is 39.0 Å². The van der Waals surface area contributed by atoms with E-state index in [1.165, 1.54) is 0 Å². The first kappa shape index (κ1) is 14.2. The molecule has 2 aromatic rings. The number of nitrogens with zero attached hydrogens (tertiary/aromatic N) is 1. The quantitative estimate of drug-likeness (QED) is 0.870. The summed E-state index contributed by atoms with van der Waals surface area (Å²) in [5.74, 6) is 0.756. The fourth-order valence-corrected chi connectivity index (χ4v) is 2.19. The van der Waals surface area contributed by atoms with E-state index in [9.17, 15) is 4.79 Å². The lowest BCUT2D eigenvalue weighted by atomic mass is 10.0. The van der Waals surface area contributed by atoms with Crippen LogP contribution in [0.1, 0.15) is 34.2 Å². The van der Waals surface area contributed by atoms with Crippen molar-refractivity contribution >= 4 is 11.6 Å². The van der Waals surface area contributed by atoms with Gasteiger partial charge in [-0.05, 0) is 50.1 Å². The molecule has 0 aliphatic heterocycles. The molecule has 2 rings (SSSR count). The molecule has 1 aromatic heterocycles. The van der Waals surface area contributed by atoms with E-state index in [2.05, 4.69) is 0 Å². The van der Waals surface area contributed by atoms with Crippen molar-refractivity contribution in [2.24, 2.45) is 0 Å². The molecule has 106 valence electrons. The standard InChI is InChI=1S/C16H20N2O2/c1-4-18(10-13-6-5-7-20-13)16(19)14-9-15(17)12(3)8-11(14)2/h5-9H,4,10,17H2,1-3H3. The molecule has 0 radical (unpaired) electrons. The monoisotopic (exact) mass is 272 g/mol. The minimum Gasteiger partial charge on any atom is -0.467 e. The molecule has 4 heteroatoms. The minimum atomic E-state index is -0.0203. The highest BCUT2D eigenvalue weighted by molar-refractivity contribution is 5.96. The van der Waals surface area contributed by atoms with Gasteiger partial charge in [0.15, 0.2) is 0 Å². The third kappa shape index (κ3) is 2.85. The molecule has 0 atom stereocenters. The van der Waals surface area contributed by atoms with Crippen LogP contribution in [0.25, 0.3) is 0 Å². The van der Waals surface area contributed by atoms with Gasteiger partial charge in [-0.1, -0.05) is 6.07 Å². The molecular weight excluding hydrogens is 252 g/mol. The van der Waals surface area contributed by atoms with Crippen molar-refractivity contribution in [2.45, 2.75) is 27.3 Å². The van der Waals surface area contributed by atoms with Crippen molar-refractivity contribution in [2.75, 3.05) is 12.3 Å². The van der Waals surface area contributed by atoms with Gasteiger partial charge in [-0.3, -0.25) is 4.79 Å². The third-order valence-electron chi connectivity index (χ3n) is 3.44. The lowest BCUT2D eigenvalue weighted by molar-refractivity contribution is 0.0740. The maximum absolute atomic E-state index is 12.6. The van der Waals surface area contributed by atoms with Gasteiger partial charge >= 0.3 is 0 Å². The second-order valence-corrected chi connectivity index (χ2v) is 4.92. The molecule has 0 saturated carbocycles. The number of carbonyl (C=O) groups excluding carboxylic acids is 1. The van der Waals surface area contributed by atoms with Gasteiger partial charge in [0.1, 0.15) is 5.76 Å². The maximum atomic E-state index is 12.6. The minimum absolute atomic E-state index is 0.0203. The summed E-state index contributed by atoms with van der Waals surface area (Å²) in [6.45, 7) is 6.91. The Morgan fingerprint density at radius 3 is 2.65 bits per heavy atom. The van der Waals surface area contributed by atoms with E-state index >= 15 is 0 Å². The van der Waals surface area contributed by atoms with Crippen molar-refractivity contribution < 1.29 is 9.21 Å².